The van der Waals surface area contributed by atoms with Crippen LogP contribution in [0.2, 0.25) is 0 Å². The number of hydrogen-bond acceptors (Lipinski definition) is 9. The first kappa shape index (κ1) is 26.5. The van der Waals surface area contributed by atoms with E-state index in [4.69, 9.17) is 5.73 Å². The number of Topliss-reactive ketones (excluding diaryl/α,β-unsaturated/α-hetero) is 2. The summed E-state index contributed by atoms with van der Waals surface area (Å²) in [6.07, 6.45) is -1.61. The highest BCUT2D eigenvalue weighted by atomic mass is 19.1. The summed E-state index contributed by atoms with van der Waals surface area (Å²) in [5.74, 6) is -10.1. The third-order valence-electron chi connectivity index (χ3n) is 8.17. The molecule has 3 aliphatic rings. The van der Waals surface area contributed by atoms with Crippen molar-refractivity contribution in [1.82, 2.24) is 4.90 Å². The van der Waals surface area contributed by atoms with Gasteiger partial charge in [0.25, 0.3) is 5.91 Å². The maximum Gasteiger partial charge on any atom is 0.255 e. The number of aromatic hydroxyl groups is 1. The highest BCUT2D eigenvalue weighted by molar-refractivity contribution is 6.24. The number of ketones is 2. The first-order valence-electron chi connectivity index (χ1n) is 12.2. The minimum atomic E-state index is -2.99. The number of benzene rings is 2. The van der Waals surface area contributed by atoms with Crippen molar-refractivity contribution in [2.45, 2.75) is 30.1 Å². The van der Waals surface area contributed by atoms with E-state index in [1.54, 1.807) is 6.07 Å². The van der Waals surface area contributed by atoms with Gasteiger partial charge in [0.05, 0.1) is 23.6 Å². The second-order valence-corrected chi connectivity index (χ2v) is 10.4. The van der Waals surface area contributed by atoms with Crippen molar-refractivity contribution in [2.24, 2.45) is 17.6 Å². The molecule has 1 unspecified atom stereocenters. The number of phenols is 1. The number of carbonyl (C=O) groups is 3. The number of carbonyl (C=O) groups excluding carboxylic acids is 3. The Morgan fingerprint density at radius 1 is 1.08 bits per heavy atom. The standard InChI is InChI=1S/C28H27FN2O8/c1-31(2)21-20-23(34)17-14(10-11-6-8-12(29)9-7-11)13-4-3-5-15(32)16(13)22(33)18(17)25(36)28(20,39)26(37)19(24(21)35)27(30)38/h3-9,14,17,20-21,23,32-34,37,39H,10H2,1-2H3,(H2,30,38)/t14?,17-,20-,21+,23+,28+/m1/s1. The highest BCUT2D eigenvalue weighted by Gasteiger charge is 2.68. The van der Waals surface area contributed by atoms with Gasteiger partial charge in [-0.05, 0) is 55.8 Å². The van der Waals surface area contributed by atoms with Crippen molar-refractivity contribution in [3.63, 3.8) is 0 Å². The Balaban J connectivity index is 1.79. The van der Waals surface area contributed by atoms with E-state index in [0.717, 1.165) is 0 Å². The van der Waals surface area contributed by atoms with E-state index in [0.29, 0.717) is 11.1 Å². The van der Waals surface area contributed by atoms with Crippen LogP contribution in [0.3, 0.4) is 0 Å². The van der Waals surface area contributed by atoms with Gasteiger partial charge in [0.1, 0.15) is 28.7 Å². The fourth-order valence-corrected chi connectivity index (χ4v) is 6.51. The first-order valence-corrected chi connectivity index (χ1v) is 12.2. The minimum Gasteiger partial charge on any atom is -0.508 e. The summed E-state index contributed by atoms with van der Waals surface area (Å²) >= 11 is 0. The van der Waals surface area contributed by atoms with Gasteiger partial charge in [-0.2, -0.15) is 0 Å². The summed E-state index contributed by atoms with van der Waals surface area (Å²) in [4.78, 5) is 40.9. The van der Waals surface area contributed by atoms with Crippen LogP contribution in [0, 0.1) is 17.7 Å². The van der Waals surface area contributed by atoms with Crippen molar-refractivity contribution in [3.8, 4) is 5.75 Å². The van der Waals surface area contributed by atoms with E-state index in [1.807, 2.05) is 0 Å². The SMILES string of the molecule is CN(C)[C@@H]1C(=O)C(C(N)=O)=C(O)[C@@]2(O)C(=O)C3=C(O)c4c(O)cccc4C(Cc4ccc(F)cc4)[C@H]3[C@H](O)[C@@H]12. The zero-order valence-electron chi connectivity index (χ0n) is 21.0. The molecule has 5 rings (SSSR count). The van der Waals surface area contributed by atoms with Crippen LogP contribution in [0.1, 0.15) is 22.6 Å². The quantitative estimate of drug-likeness (QED) is 0.308. The van der Waals surface area contributed by atoms with Crippen molar-refractivity contribution >= 4 is 23.2 Å². The molecular formula is C28H27FN2O8. The summed E-state index contributed by atoms with van der Waals surface area (Å²) in [5, 5.41) is 56.6. The number of primary amides is 1. The maximum absolute atomic E-state index is 14.1. The van der Waals surface area contributed by atoms with E-state index in [-0.39, 0.29) is 17.7 Å². The molecule has 3 aliphatic carbocycles. The van der Waals surface area contributed by atoms with Crippen molar-refractivity contribution in [3.05, 3.63) is 81.9 Å². The Bertz CT molecular complexity index is 1480. The van der Waals surface area contributed by atoms with Crippen LogP contribution in [0.5, 0.6) is 5.75 Å². The summed E-state index contributed by atoms with van der Waals surface area (Å²) < 4.78 is 13.6. The Morgan fingerprint density at radius 3 is 2.31 bits per heavy atom. The van der Waals surface area contributed by atoms with Crippen molar-refractivity contribution < 1.29 is 44.3 Å². The number of nitrogens with zero attached hydrogens (tertiary/aromatic N) is 1. The predicted molar refractivity (Wildman–Crippen MR) is 135 cm³/mol. The molecule has 1 fully saturated rings. The lowest BCUT2D eigenvalue weighted by molar-refractivity contribution is -0.169. The molecule has 1 saturated carbocycles. The van der Waals surface area contributed by atoms with Gasteiger partial charge in [-0.3, -0.25) is 19.3 Å². The van der Waals surface area contributed by atoms with Crippen LogP contribution in [0.15, 0.2) is 59.4 Å². The van der Waals surface area contributed by atoms with E-state index in [9.17, 15) is 44.3 Å². The molecule has 11 heteroatoms. The molecule has 2 aromatic carbocycles. The topological polar surface area (TPSA) is 182 Å². The Morgan fingerprint density at radius 2 is 1.72 bits per heavy atom. The van der Waals surface area contributed by atoms with Crippen LogP contribution >= 0.6 is 0 Å². The minimum absolute atomic E-state index is 0.104. The Kier molecular flexibility index (Phi) is 6.13. The highest BCUT2D eigenvalue weighted by Crippen LogP contribution is 2.56. The molecule has 0 heterocycles. The van der Waals surface area contributed by atoms with Gasteiger partial charge >= 0.3 is 0 Å². The zero-order valence-corrected chi connectivity index (χ0v) is 21.0. The molecule has 2 aromatic rings. The zero-order chi connectivity index (χ0) is 28.5. The number of aliphatic hydroxyl groups is 4. The second kappa shape index (κ2) is 9.01. The lowest BCUT2D eigenvalue weighted by Crippen LogP contribution is -2.70. The lowest BCUT2D eigenvalue weighted by Gasteiger charge is -2.54. The fraction of sp³-hybridized carbons (Fsp3) is 0.321. The van der Waals surface area contributed by atoms with E-state index in [1.165, 1.54) is 55.4 Å². The molecule has 1 amide bonds. The Labute approximate surface area is 222 Å². The molecule has 39 heavy (non-hydrogen) atoms. The Hall–Kier alpha value is -4.06. The number of likely N-dealkylation sites (N-methyl/N-ethyl adjacent to an activating group) is 1. The van der Waals surface area contributed by atoms with Crippen molar-refractivity contribution in [1.29, 1.82) is 0 Å². The summed E-state index contributed by atoms with van der Waals surface area (Å²) in [5.41, 5.74) is 1.76. The molecule has 0 radical (unpaired) electrons. The lowest BCUT2D eigenvalue weighted by atomic mass is 9.53. The van der Waals surface area contributed by atoms with Crippen LogP contribution in [0.4, 0.5) is 4.39 Å². The van der Waals surface area contributed by atoms with Crippen LogP contribution in [-0.4, -0.2) is 79.7 Å². The number of aliphatic hydroxyl groups excluding tert-OH is 3. The number of hydrogen-bond donors (Lipinski definition) is 6. The van der Waals surface area contributed by atoms with E-state index < -0.39 is 81.5 Å². The third kappa shape index (κ3) is 3.61. The number of amides is 1. The van der Waals surface area contributed by atoms with Gasteiger partial charge in [0.2, 0.25) is 5.78 Å². The van der Waals surface area contributed by atoms with Gasteiger partial charge < -0.3 is 31.3 Å². The number of rotatable bonds is 4. The summed E-state index contributed by atoms with van der Waals surface area (Å²) in [6, 6.07) is 8.49. The average molecular weight is 539 g/mol. The smallest absolute Gasteiger partial charge is 0.255 e. The number of phenolic OH excluding ortho intramolecular Hbond substituents is 1. The maximum atomic E-state index is 14.1. The van der Waals surface area contributed by atoms with Crippen molar-refractivity contribution in [2.75, 3.05) is 14.1 Å². The molecule has 0 aliphatic heterocycles. The molecule has 204 valence electrons. The monoisotopic (exact) mass is 538 g/mol. The summed E-state index contributed by atoms with van der Waals surface area (Å²) in [6.45, 7) is 0. The van der Waals surface area contributed by atoms with Gasteiger partial charge in [0.15, 0.2) is 11.4 Å². The van der Waals surface area contributed by atoms with Gasteiger partial charge in [0, 0.05) is 11.5 Å². The number of halogens is 1. The largest absolute Gasteiger partial charge is 0.508 e. The van der Waals surface area contributed by atoms with Crippen LogP contribution < -0.4 is 5.73 Å². The predicted octanol–water partition coefficient (Wildman–Crippen LogP) is 0.858. The summed E-state index contributed by atoms with van der Waals surface area (Å²) in [7, 11) is 2.88. The molecule has 0 bridgehead atoms. The third-order valence-corrected chi connectivity index (χ3v) is 8.17. The number of nitrogens with two attached hydrogens (primary N) is 1. The molecule has 0 aromatic heterocycles. The van der Waals surface area contributed by atoms with E-state index >= 15 is 0 Å². The molecule has 6 atom stereocenters. The average Bonchev–Trinajstić information content (AvgIpc) is 2.86. The molecule has 0 saturated heterocycles. The fourth-order valence-electron chi connectivity index (χ4n) is 6.51. The second-order valence-electron chi connectivity index (χ2n) is 10.4. The van der Waals surface area contributed by atoms with Gasteiger partial charge in [-0.25, -0.2) is 4.39 Å². The molecule has 10 nitrogen and oxygen atoms in total. The van der Waals surface area contributed by atoms with Gasteiger partial charge in [-0.1, -0.05) is 24.3 Å². The molecule has 7 N–H and O–H groups in total. The van der Waals surface area contributed by atoms with E-state index in [2.05, 4.69) is 0 Å². The molecular weight excluding hydrogens is 511 g/mol. The number of fused-ring (bicyclic) bond motifs is 3. The van der Waals surface area contributed by atoms with Crippen LogP contribution in [0.25, 0.3) is 5.76 Å². The normalized spacial score (nSPS) is 30.3. The van der Waals surface area contributed by atoms with Gasteiger partial charge in [-0.15, -0.1) is 0 Å². The first-order chi connectivity index (χ1) is 18.3. The van der Waals surface area contributed by atoms with Crippen LogP contribution in [-0.2, 0) is 20.8 Å². The molecule has 0 spiro atoms.